The fourth-order valence-corrected chi connectivity index (χ4v) is 3.94. The third kappa shape index (κ3) is 2.19. The van der Waals surface area contributed by atoms with E-state index >= 15 is 0 Å². The first-order chi connectivity index (χ1) is 11.8. The maximum absolute atomic E-state index is 13.9. The minimum Gasteiger partial charge on any atom is -0.376 e. The molecule has 3 atom stereocenters. The molecule has 0 saturated heterocycles. The highest BCUT2D eigenvalue weighted by Gasteiger charge is 2.65. The Kier molecular flexibility index (Phi) is 3.41. The lowest BCUT2D eigenvalue weighted by Crippen LogP contribution is -2.46. The van der Waals surface area contributed by atoms with Crippen LogP contribution in [0.25, 0.3) is 11.1 Å². The molecule has 128 valence electrons. The number of rotatable bonds is 1. The Bertz CT molecular complexity index is 883. The van der Waals surface area contributed by atoms with E-state index in [9.17, 15) is 18.3 Å². The number of aryl methyl sites for hydroxylation is 1. The van der Waals surface area contributed by atoms with Crippen molar-refractivity contribution in [2.75, 3.05) is 0 Å². The van der Waals surface area contributed by atoms with Gasteiger partial charge >= 0.3 is 6.18 Å². The first-order valence-corrected chi connectivity index (χ1v) is 8.04. The normalized spacial score (nSPS) is 27.2. The molecule has 3 unspecified atom stereocenters. The average Bonchev–Trinajstić information content (AvgIpc) is 2.87. The van der Waals surface area contributed by atoms with Crippen molar-refractivity contribution < 1.29 is 18.3 Å². The number of aromatic nitrogens is 1. The van der Waals surface area contributed by atoms with Crippen LogP contribution < -0.4 is 0 Å². The van der Waals surface area contributed by atoms with Crippen LogP contribution in [0, 0.1) is 12.8 Å². The van der Waals surface area contributed by atoms with Gasteiger partial charge in [-0.25, -0.2) is 0 Å². The Hall–Kier alpha value is -2.40. The summed E-state index contributed by atoms with van der Waals surface area (Å²) in [5, 5.41) is 10.8. The van der Waals surface area contributed by atoms with Gasteiger partial charge in [-0.2, -0.15) is 13.2 Å². The monoisotopic (exact) mass is 343 g/mol. The van der Waals surface area contributed by atoms with Gasteiger partial charge in [-0.1, -0.05) is 48.6 Å². The van der Waals surface area contributed by atoms with Crippen LogP contribution in [0.4, 0.5) is 13.2 Å². The Morgan fingerprint density at radius 3 is 2.52 bits per heavy atom. The van der Waals surface area contributed by atoms with Gasteiger partial charge in [0.15, 0.2) is 5.60 Å². The van der Waals surface area contributed by atoms with Crippen LogP contribution in [-0.4, -0.2) is 16.3 Å². The van der Waals surface area contributed by atoms with Crippen LogP contribution in [0.3, 0.4) is 0 Å². The standard InChI is InChI=1S/C20H16F3NO/c1-12-9-10-13(11-24-12)14-6-4-8-17-18(14)15-5-2-3-7-16(15)19(17,25)20(21,22)23/h2-11,15-16,25H,1H3. The topological polar surface area (TPSA) is 33.1 Å². The highest BCUT2D eigenvalue weighted by atomic mass is 19.4. The van der Waals surface area contributed by atoms with Crippen LogP contribution >= 0.6 is 0 Å². The van der Waals surface area contributed by atoms with Crippen LogP contribution in [0.5, 0.6) is 0 Å². The molecule has 0 fully saturated rings. The highest BCUT2D eigenvalue weighted by Crippen LogP contribution is 2.59. The van der Waals surface area contributed by atoms with Crippen molar-refractivity contribution in [3.8, 4) is 11.1 Å². The number of halogens is 3. The molecule has 4 rings (SSSR count). The van der Waals surface area contributed by atoms with Gasteiger partial charge in [-0.3, -0.25) is 4.98 Å². The number of benzene rings is 1. The van der Waals surface area contributed by atoms with Gasteiger partial charge in [0.25, 0.3) is 0 Å². The van der Waals surface area contributed by atoms with Gasteiger partial charge in [0.2, 0.25) is 0 Å². The summed E-state index contributed by atoms with van der Waals surface area (Å²) in [4.78, 5) is 4.25. The Morgan fingerprint density at radius 1 is 1.08 bits per heavy atom. The summed E-state index contributed by atoms with van der Waals surface area (Å²) in [5.74, 6) is -1.59. The zero-order valence-corrected chi connectivity index (χ0v) is 13.5. The van der Waals surface area contributed by atoms with E-state index in [2.05, 4.69) is 4.98 Å². The second-order valence-corrected chi connectivity index (χ2v) is 6.54. The number of hydrogen-bond acceptors (Lipinski definition) is 2. The number of allylic oxidation sites excluding steroid dienone is 3. The maximum Gasteiger partial charge on any atom is 0.422 e. The van der Waals surface area contributed by atoms with E-state index in [0.29, 0.717) is 11.1 Å². The fourth-order valence-electron chi connectivity index (χ4n) is 3.94. The molecule has 0 radical (unpaired) electrons. The predicted molar refractivity (Wildman–Crippen MR) is 88.9 cm³/mol. The van der Waals surface area contributed by atoms with Gasteiger partial charge < -0.3 is 5.11 Å². The molecule has 1 heterocycles. The SMILES string of the molecule is Cc1ccc(-c2cccc3c2C2C=CC=CC2C3(O)C(F)(F)F)cn1. The quantitative estimate of drug-likeness (QED) is 0.818. The molecule has 0 amide bonds. The molecule has 2 aliphatic rings. The molecular formula is C20H16F3NO. The molecule has 5 heteroatoms. The van der Waals surface area contributed by atoms with Crippen molar-refractivity contribution in [2.45, 2.75) is 24.6 Å². The summed E-state index contributed by atoms with van der Waals surface area (Å²) >= 11 is 0. The molecule has 0 bridgehead atoms. The van der Waals surface area contributed by atoms with Crippen LogP contribution in [0.15, 0.2) is 60.8 Å². The first-order valence-electron chi connectivity index (χ1n) is 8.04. The number of fused-ring (bicyclic) bond motifs is 3. The van der Waals surface area contributed by atoms with Gasteiger partial charge in [-0.15, -0.1) is 0 Å². The zero-order valence-electron chi connectivity index (χ0n) is 13.5. The summed E-state index contributed by atoms with van der Waals surface area (Å²) in [5.41, 5.74) is -0.164. The third-order valence-electron chi connectivity index (χ3n) is 5.12. The van der Waals surface area contributed by atoms with Gasteiger partial charge in [0.1, 0.15) is 0 Å². The molecule has 25 heavy (non-hydrogen) atoms. The molecule has 0 aliphatic heterocycles. The molecule has 1 N–H and O–H groups in total. The van der Waals surface area contributed by atoms with E-state index in [1.165, 1.54) is 12.1 Å². The third-order valence-corrected chi connectivity index (χ3v) is 5.12. The highest BCUT2D eigenvalue weighted by molar-refractivity contribution is 5.72. The second kappa shape index (κ2) is 5.30. The van der Waals surface area contributed by atoms with E-state index in [-0.39, 0.29) is 5.56 Å². The second-order valence-electron chi connectivity index (χ2n) is 6.54. The first kappa shape index (κ1) is 16.1. The van der Waals surface area contributed by atoms with E-state index in [0.717, 1.165) is 11.3 Å². The summed E-state index contributed by atoms with van der Waals surface area (Å²) in [6.45, 7) is 1.85. The summed E-state index contributed by atoms with van der Waals surface area (Å²) in [6.07, 6.45) is 3.38. The lowest BCUT2D eigenvalue weighted by Gasteiger charge is -2.33. The van der Waals surface area contributed by atoms with E-state index in [1.807, 2.05) is 19.1 Å². The van der Waals surface area contributed by atoms with Gasteiger partial charge in [0, 0.05) is 29.3 Å². The van der Waals surface area contributed by atoms with Gasteiger partial charge in [0.05, 0.1) is 0 Å². The maximum atomic E-state index is 13.9. The van der Waals surface area contributed by atoms with Crippen molar-refractivity contribution in [2.24, 2.45) is 5.92 Å². The molecule has 2 aliphatic carbocycles. The van der Waals surface area contributed by atoms with E-state index in [4.69, 9.17) is 0 Å². The average molecular weight is 343 g/mol. The Labute approximate surface area is 143 Å². The number of aliphatic hydroxyl groups is 1. The molecule has 2 nitrogen and oxygen atoms in total. The smallest absolute Gasteiger partial charge is 0.376 e. The van der Waals surface area contributed by atoms with Crippen molar-refractivity contribution in [1.29, 1.82) is 0 Å². The zero-order chi connectivity index (χ0) is 17.8. The minimum atomic E-state index is -4.76. The lowest BCUT2D eigenvalue weighted by atomic mass is 9.80. The predicted octanol–water partition coefficient (Wildman–Crippen LogP) is 4.65. The van der Waals surface area contributed by atoms with Crippen molar-refractivity contribution >= 4 is 0 Å². The molecule has 0 spiro atoms. The summed E-state index contributed by atoms with van der Waals surface area (Å²) in [6, 6.07) is 8.41. The van der Waals surface area contributed by atoms with Crippen LogP contribution in [0.2, 0.25) is 0 Å². The number of pyridine rings is 1. The summed E-state index contributed by atoms with van der Waals surface area (Å²) < 4.78 is 41.6. The fraction of sp³-hybridized carbons (Fsp3) is 0.250. The Balaban J connectivity index is 1.99. The molecule has 2 aromatic rings. The molecule has 1 aromatic heterocycles. The number of hydrogen-bond donors (Lipinski definition) is 1. The minimum absolute atomic E-state index is 0.0655. The molecular weight excluding hydrogens is 327 g/mol. The van der Waals surface area contributed by atoms with Crippen molar-refractivity contribution in [1.82, 2.24) is 4.98 Å². The Morgan fingerprint density at radius 2 is 1.84 bits per heavy atom. The van der Waals surface area contributed by atoms with Crippen molar-refractivity contribution in [3.63, 3.8) is 0 Å². The lowest BCUT2D eigenvalue weighted by molar-refractivity contribution is -0.278. The largest absolute Gasteiger partial charge is 0.422 e. The van der Waals surface area contributed by atoms with E-state index in [1.54, 1.807) is 36.6 Å². The van der Waals surface area contributed by atoms with E-state index < -0.39 is 23.6 Å². The van der Waals surface area contributed by atoms with Crippen LogP contribution in [-0.2, 0) is 5.60 Å². The molecule has 1 aromatic carbocycles. The number of alkyl halides is 3. The molecule has 0 saturated carbocycles. The number of nitrogens with zero attached hydrogens (tertiary/aromatic N) is 1. The van der Waals surface area contributed by atoms with Crippen molar-refractivity contribution in [3.05, 3.63) is 77.7 Å². The van der Waals surface area contributed by atoms with Crippen LogP contribution in [0.1, 0.15) is 22.7 Å². The summed E-state index contributed by atoms with van der Waals surface area (Å²) in [7, 11) is 0. The van der Waals surface area contributed by atoms with Gasteiger partial charge in [-0.05, 0) is 29.7 Å².